The number of nitrogens with one attached hydrogen (secondary N) is 2. The first-order chi connectivity index (χ1) is 15.3. The summed E-state index contributed by atoms with van der Waals surface area (Å²) < 4.78 is 7.23. The van der Waals surface area contributed by atoms with E-state index < -0.39 is 0 Å². The predicted octanol–water partition coefficient (Wildman–Crippen LogP) is 2.67. The highest BCUT2D eigenvalue weighted by atomic mass is 32.1. The van der Waals surface area contributed by atoms with Crippen LogP contribution in [0.5, 0.6) is 0 Å². The van der Waals surface area contributed by atoms with Gasteiger partial charge >= 0.3 is 0 Å². The summed E-state index contributed by atoms with van der Waals surface area (Å²) in [6, 6.07) is 20.1. The topological polar surface area (TPSA) is 66.7 Å². The Hall–Kier alpha value is -3.07. The van der Waals surface area contributed by atoms with Crippen molar-refractivity contribution in [2.45, 2.75) is 0 Å². The van der Waals surface area contributed by atoms with Gasteiger partial charge in [-0.15, -0.1) is 0 Å². The Morgan fingerprint density at radius 1 is 1.06 bits per heavy atom. The van der Waals surface area contributed by atoms with Crippen molar-refractivity contribution in [1.29, 1.82) is 0 Å². The summed E-state index contributed by atoms with van der Waals surface area (Å²) in [7, 11) is 0. The van der Waals surface area contributed by atoms with E-state index in [1.165, 1.54) is 0 Å². The molecule has 0 bridgehead atoms. The Balaban J connectivity index is 1.40. The number of ether oxygens (including phenoxy) is 1. The fraction of sp³-hybridized carbons (Fsp3) is 0.261. The van der Waals surface area contributed by atoms with Crippen LogP contribution < -0.4 is 10.7 Å². The first kappa shape index (κ1) is 21.2. The number of morpholine rings is 1. The van der Waals surface area contributed by atoms with Crippen molar-refractivity contribution in [2.24, 2.45) is 5.10 Å². The fourth-order valence-electron chi connectivity index (χ4n) is 3.37. The number of hydrogen-bond acceptors (Lipinski definition) is 5. The molecule has 1 saturated heterocycles. The van der Waals surface area contributed by atoms with Crippen LogP contribution in [0.2, 0.25) is 0 Å². The first-order valence-electron chi connectivity index (χ1n) is 10.4. The molecule has 0 aliphatic carbocycles. The summed E-state index contributed by atoms with van der Waals surface area (Å²) in [6.07, 6.45) is 3.72. The highest BCUT2D eigenvalue weighted by Gasteiger charge is 2.11. The summed E-state index contributed by atoms with van der Waals surface area (Å²) >= 11 is 5.34. The van der Waals surface area contributed by atoms with Crippen molar-refractivity contribution in [3.63, 3.8) is 0 Å². The van der Waals surface area contributed by atoms with Gasteiger partial charge in [0.15, 0.2) is 5.11 Å². The van der Waals surface area contributed by atoms with Crippen LogP contribution in [0.15, 0.2) is 72.0 Å². The molecule has 31 heavy (non-hydrogen) atoms. The van der Waals surface area contributed by atoms with Crippen LogP contribution in [-0.4, -0.2) is 65.4 Å². The van der Waals surface area contributed by atoms with E-state index >= 15 is 0 Å². The van der Waals surface area contributed by atoms with E-state index in [0.29, 0.717) is 5.11 Å². The van der Waals surface area contributed by atoms with Crippen LogP contribution in [0.3, 0.4) is 0 Å². The van der Waals surface area contributed by atoms with Gasteiger partial charge in [-0.2, -0.15) is 10.2 Å². The van der Waals surface area contributed by atoms with E-state index in [-0.39, 0.29) is 0 Å². The number of para-hydroxylation sites is 1. The number of aromatic nitrogens is 2. The van der Waals surface area contributed by atoms with Crippen molar-refractivity contribution >= 4 is 23.5 Å². The lowest BCUT2D eigenvalue weighted by molar-refractivity contribution is 0.0389. The molecule has 0 saturated carbocycles. The zero-order chi connectivity index (χ0) is 21.3. The Kier molecular flexibility index (Phi) is 7.38. The van der Waals surface area contributed by atoms with Crippen molar-refractivity contribution in [3.05, 3.63) is 72.4 Å². The molecular weight excluding hydrogens is 408 g/mol. The molecule has 0 spiro atoms. The maximum Gasteiger partial charge on any atom is 0.187 e. The lowest BCUT2D eigenvalue weighted by atomic mass is 10.1. The molecule has 1 aliphatic rings. The summed E-state index contributed by atoms with van der Waals surface area (Å²) in [5.41, 5.74) is 6.70. The van der Waals surface area contributed by atoms with Crippen LogP contribution >= 0.6 is 12.2 Å². The van der Waals surface area contributed by atoms with Crippen LogP contribution in [-0.2, 0) is 4.74 Å². The zero-order valence-electron chi connectivity index (χ0n) is 17.3. The molecule has 1 fully saturated rings. The quantitative estimate of drug-likeness (QED) is 0.339. The highest BCUT2D eigenvalue weighted by Crippen LogP contribution is 2.22. The molecule has 8 heteroatoms. The largest absolute Gasteiger partial charge is 0.379 e. The maximum atomic E-state index is 5.37. The van der Waals surface area contributed by atoms with Gasteiger partial charge in [0.1, 0.15) is 5.69 Å². The third kappa shape index (κ3) is 5.97. The molecule has 160 valence electrons. The van der Waals surface area contributed by atoms with Crippen LogP contribution in [0.1, 0.15) is 5.56 Å². The van der Waals surface area contributed by atoms with Crippen molar-refractivity contribution in [1.82, 2.24) is 25.4 Å². The van der Waals surface area contributed by atoms with Crippen molar-refractivity contribution in [3.8, 4) is 16.9 Å². The summed E-state index contributed by atoms with van der Waals surface area (Å²) in [5.74, 6) is 0. The number of benzene rings is 2. The molecule has 0 atom stereocenters. The number of hydrogen-bond donors (Lipinski definition) is 2. The number of thiocarbonyl (C=S) groups is 1. The monoisotopic (exact) mass is 434 g/mol. The molecular formula is C23H26N6OS. The molecule has 0 radical (unpaired) electrons. The predicted molar refractivity (Wildman–Crippen MR) is 128 cm³/mol. The lowest BCUT2D eigenvalue weighted by Gasteiger charge is -2.26. The average molecular weight is 435 g/mol. The summed E-state index contributed by atoms with van der Waals surface area (Å²) in [4.78, 5) is 2.35. The van der Waals surface area contributed by atoms with Crippen molar-refractivity contribution in [2.75, 3.05) is 39.4 Å². The fourth-order valence-corrected chi connectivity index (χ4v) is 3.52. The summed E-state index contributed by atoms with van der Waals surface area (Å²) in [6.45, 7) is 5.22. The molecule has 4 rings (SSSR count). The van der Waals surface area contributed by atoms with Crippen molar-refractivity contribution < 1.29 is 4.74 Å². The number of nitrogens with zero attached hydrogens (tertiary/aromatic N) is 4. The first-order valence-corrected chi connectivity index (χ1v) is 10.8. The average Bonchev–Trinajstić information content (AvgIpc) is 3.25. The Morgan fingerprint density at radius 2 is 1.77 bits per heavy atom. The van der Waals surface area contributed by atoms with Gasteiger partial charge in [-0.05, 0) is 24.4 Å². The molecule has 1 aliphatic heterocycles. The minimum atomic E-state index is 0.501. The molecule has 0 amide bonds. The highest BCUT2D eigenvalue weighted by molar-refractivity contribution is 7.80. The minimum Gasteiger partial charge on any atom is -0.379 e. The molecule has 2 aromatic carbocycles. The molecule has 1 aromatic heterocycles. The van der Waals surface area contributed by atoms with Gasteiger partial charge in [0, 0.05) is 43.5 Å². The van der Waals surface area contributed by atoms with Crippen LogP contribution in [0.4, 0.5) is 0 Å². The van der Waals surface area contributed by atoms with E-state index in [0.717, 1.165) is 61.9 Å². The van der Waals surface area contributed by atoms with Gasteiger partial charge < -0.3 is 10.1 Å². The van der Waals surface area contributed by atoms with E-state index in [4.69, 9.17) is 22.1 Å². The second-order valence-corrected chi connectivity index (χ2v) is 7.57. The van der Waals surface area contributed by atoms with E-state index in [1.807, 2.05) is 71.5 Å². The Morgan fingerprint density at radius 3 is 2.52 bits per heavy atom. The molecule has 7 nitrogen and oxygen atoms in total. The third-order valence-electron chi connectivity index (χ3n) is 5.00. The van der Waals surface area contributed by atoms with Gasteiger partial charge in [0.25, 0.3) is 0 Å². The third-order valence-corrected chi connectivity index (χ3v) is 5.23. The van der Waals surface area contributed by atoms with E-state index in [9.17, 15) is 0 Å². The Labute approximate surface area is 187 Å². The molecule has 2 N–H and O–H groups in total. The van der Waals surface area contributed by atoms with Crippen LogP contribution in [0, 0.1) is 0 Å². The molecule has 3 aromatic rings. The van der Waals surface area contributed by atoms with Gasteiger partial charge in [-0.25, -0.2) is 4.68 Å². The zero-order valence-corrected chi connectivity index (χ0v) is 18.1. The van der Waals surface area contributed by atoms with Crippen LogP contribution in [0.25, 0.3) is 16.9 Å². The van der Waals surface area contributed by atoms with E-state index in [2.05, 4.69) is 20.7 Å². The smallest absolute Gasteiger partial charge is 0.187 e. The minimum absolute atomic E-state index is 0.501. The lowest BCUT2D eigenvalue weighted by Crippen LogP contribution is -2.42. The second kappa shape index (κ2) is 10.8. The standard InChI is InChI=1S/C23H26N6OS/c31-23(24-11-12-28-13-15-30-16-14-28)26-25-17-20-18-29(21-9-5-2-6-10-21)27-22(20)19-7-3-1-4-8-19/h1-10,17-18H,11-16H2,(H2,24,26,31). The SMILES string of the molecule is S=C(NCCN1CCOCC1)NN=Cc1cn(-c2ccccc2)nc1-c1ccccc1. The Bertz CT molecular complexity index is 999. The normalized spacial score (nSPS) is 14.6. The maximum absolute atomic E-state index is 5.37. The van der Waals surface area contributed by atoms with Gasteiger partial charge in [-0.3, -0.25) is 10.3 Å². The van der Waals surface area contributed by atoms with E-state index in [1.54, 1.807) is 6.21 Å². The summed E-state index contributed by atoms with van der Waals surface area (Å²) in [5, 5.41) is 12.8. The van der Waals surface area contributed by atoms with Gasteiger partial charge in [0.2, 0.25) is 0 Å². The number of hydrazone groups is 1. The number of rotatable bonds is 7. The second-order valence-electron chi connectivity index (χ2n) is 7.16. The molecule has 2 heterocycles. The van der Waals surface area contributed by atoms with Gasteiger partial charge in [-0.1, -0.05) is 48.5 Å². The van der Waals surface area contributed by atoms with Gasteiger partial charge in [0.05, 0.1) is 25.1 Å². The molecule has 0 unspecified atom stereocenters.